The Balaban J connectivity index is 1.37. The Morgan fingerprint density at radius 3 is 2.68 bits per heavy atom. The molecule has 2 aromatic rings. The molecule has 1 aromatic carbocycles. The zero-order chi connectivity index (χ0) is 22.0. The summed E-state index contributed by atoms with van der Waals surface area (Å²) in [7, 11) is -1.46. The molecule has 1 aromatic heterocycles. The van der Waals surface area contributed by atoms with E-state index in [0.717, 1.165) is 61.5 Å². The number of rotatable bonds is 7. The van der Waals surface area contributed by atoms with Crippen LogP contribution in [0.4, 0.5) is 5.13 Å². The van der Waals surface area contributed by atoms with Crippen molar-refractivity contribution < 1.29 is 13.2 Å². The maximum Gasteiger partial charge on any atom is 0.213 e. The SMILES string of the molecule is COc1ccc2c(c1)CCCc1sc(NC3CCC(CNS(=O)(=O)C(C)C)CC3)nc1-2. The number of nitrogens with zero attached hydrogens (tertiary/aromatic N) is 1. The van der Waals surface area contributed by atoms with Crippen LogP contribution in [0.15, 0.2) is 18.2 Å². The molecule has 1 heterocycles. The lowest BCUT2D eigenvalue weighted by Crippen LogP contribution is -2.37. The fourth-order valence-corrected chi connectivity index (χ4v) is 6.35. The van der Waals surface area contributed by atoms with E-state index in [1.165, 1.54) is 16.0 Å². The molecule has 2 aliphatic rings. The number of hydrogen-bond donors (Lipinski definition) is 2. The van der Waals surface area contributed by atoms with Gasteiger partial charge in [0.2, 0.25) is 10.0 Å². The van der Waals surface area contributed by atoms with Crippen LogP contribution in [0.25, 0.3) is 11.3 Å². The zero-order valence-corrected chi connectivity index (χ0v) is 20.2. The number of sulfonamides is 1. The van der Waals surface area contributed by atoms with Gasteiger partial charge in [-0.25, -0.2) is 18.1 Å². The van der Waals surface area contributed by atoms with Crippen LogP contribution < -0.4 is 14.8 Å². The Kier molecular flexibility index (Phi) is 6.89. The van der Waals surface area contributed by atoms with Crippen molar-refractivity contribution in [2.24, 2.45) is 5.92 Å². The second kappa shape index (κ2) is 9.46. The molecule has 0 radical (unpaired) electrons. The van der Waals surface area contributed by atoms with E-state index in [0.29, 0.717) is 18.5 Å². The molecule has 6 nitrogen and oxygen atoms in total. The van der Waals surface area contributed by atoms with Crippen LogP contribution in [-0.4, -0.2) is 38.3 Å². The largest absolute Gasteiger partial charge is 0.497 e. The number of anilines is 1. The number of nitrogens with one attached hydrogen (secondary N) is 2. The monoisotopic (exact) mass is 463 g/mol. The Morgan fingerprint density at radius 2 is 1.97 bits per heavy atom. The second-order valence-electron chi connectivity index (χ2n) is 8.97. The van der Waals surface area contributed by atoms with Gasteiger partial charge in [0.25, 0.3) is 0 Å². The lowest BCUT2D eigenvalue weighted by atomic mass is 9.86. The number of benzene rings is 1. The molecule has 0 unspecified atom stereocenters. The minimum absolute atomic E-state index is 0.378. The molecule has 0 aliphatic heterocycles. The fourth-order valence-electron chi connectivity index (χ4n) is 4.45. The van der Waals surface area contributed by atoms with E-state index in [4.69, 9.17) is 9.72 Å². The smallest absolute Gasteiger partial charge is 0.213 e. The van der Waals surface area contributed by atoms with Gasteiger partial charge in [-0.1, -0.05) is 0 Å². The molecule has 170 valence electrons. The molecular weight excluding hydrogens is 430 g/mol. The zero-order valence-electron chi connectivity index (χ0n) is 18.6. The summed E-state index contributed by atoms with van der Waals surface area (Å²) in [6.45, 7) is 3.99. The summed E-state index contributed by atoms with van der Waals surface area (Å²) in [5.74, 6) is 1.32. The minimum Gasteiger partial charge on any atom is -0.497 e. The van der Waals surface area contributed by atoms with Gasteiger partial charge in [-0.15, -0.1) is 11.3 Å². The Labute approximate surface area is 189 Å². The van der Waals surface area contributed by atoms with E-state index < -0.39 is 10.0 Å². The quantitative estimate of drug-likeness (QED) is 0.627. The van der Waals surface area contributed by atoms with Crippen molar-refractivity contribution in [3.63, 3.8) is 0 Å². The molecule has 0 amide bonds. The van der Waals surface area contributed by atoms with Crippen molar-refractivity contribution in [1.82, 2.24) is 9.71 Å². The molecule has 31 heavy (non-hydrogen) atoms. The lowest BCUT2D eigenvalue weighted by Gasteiger charge is -2.29. The molecule has 1 saturated carbocycles. The van der Waals surface area contributed by atoms with E-state index in [1.807, 2.05) is 6.07 Å². The molecule has 0 saturated heterocycles. The van der Waals surface area contributed by atoms with E-state index in [2.05, 4.69) is 22.2 Å². The highest BCUT2D eigenvalue weighted by Crippen LogP contribution is 2.39. The van der Waals surface area contributed by atoms with Gasteiger partial charge < -0.3 is 10.1 Å². The van der Waals surface area contributed by atoms with Crippen LogP contribution in [-0.2, 0) is 22.9 Å². The topological polar surface area (TPSA) is 80.3 Å². The highest BCUT2D eigenvalue weighted by atomic mass is 32.2. The summed E-state index contributed by atoms with van der Waals surface area (Å²) in [5.41, 5.74) is 3.68. The lowest BCUT2D eigenvalue weighted by molar-refractivity contribution is 0.337. The van der Waals surface area contributed by atoms with Crippen molar-refractivity contribution in [3.05, 3.63) is 28.6 Å². The standard InChI is InChI=1S/C23H33N3O3S2/c1-15(2)31(27,28)24-14-16-7-9-18(10-8-16)25-23-26-22-20-12-11-19(29-3)13-17(20)5-4-6-21(22)30-23/h11-13,15-16,18,24H,4-10,14H2,1-3H3,(H,25,26). The van der Waals surface area contributed by atoms with E-state index in [9.17, 15) is 8.42 Å². The Bertz CT molecular complexity index is 1010. The van der Waals surface area contributed by atoms with Crippen molar-refractivity contribution >= 4 is 26.5 Å². The molecule has 0 spiro atoms. The third-order valence-electron chi connectivity index (χ3n) is 6.48. The summed E-state index contributed by atoms with van der Waals surface area (Å²) < 4.78 is 32.2. The third-order valence-corrected chi connectivity index (χ3v) is 9.34. The van der Waals surface area contributed by atoms with Gasteiger partial charge in [-0.2, -0.15) is 0 Å². The molecule has 0 atom stereocenters. The molecule has 1 fully saturated rings. The predicted molar refractivity (Wildman–Crippen MR) is 128 cm³/mol. The maximum absolute atomic E-state index is 12.0. The number of fused-ring (bicyclic) bond motifs is 3. The summed E-state index contributed by atoms with van der Waals surface area (Å²) in [6.07, 6.45) is 7.42. The van der Waals surface area contributed by atoms with E-state index >= 15 is 0 Å². The third kappa shape index (κ3) is 5.23. The highest BCUT2D eigenvalue weighted by molar-refractivity contribution is 7.90. The van der Waals surface area contributed by atoms with E-state index in [1.54, 1.807) is 32.3 Å². The Hall–Kier alpha value is -1.64. The number of hydrogen-bond acceptors (Lipinski definition) is 6. The second-order valence-corrected chi connectivity index (χ2v) is 12.4. The van der Waals surface area contributed by atoms with Gasteiger partial charge in [0, 0.05) is 23.0 Å². The summed E-state index contributed by atoms with van der Waals surface area (Å²) >= 11 is 1.79. The summed E-state index contributed by atoms with van der Waals surface area (Å²) in [5, 5.41) is 4.30. The van der Waals surface area contributed by atoms with E-state index in [-0.39, 0.29) is 5.25 Å². The first-order valence-electron chi connectivity index (χ1n) is 11.3. The normalized spacial score (nSPS) is 21.3. The van der Waals surface area contributed by atoms with Gasteiger partial charge >= 0.3 is 0 Å². The Morgan fingerprint density at radius 1 is 1.19 bits per heavy atom. The van der Waals surface area contributed by atoms with Gasteiger partial charge in [-0.3, -0.25) is 0 Å². The van der Waals surface area contributed by atoms with Crippen LogP contribution in [0.5, 0.6) is 5.75 Å². The number of ether oxygens (including phenoxy) is 1. The molecule has 2 aliphatic carbocycles. The first kappa shape index (κ1) is 22.6. The highest BCUT2D eigenvalue weighted by Gasteiger charge is 2.25. The fraction of sp³-hybridized carbons (Fsp3) is 0.609. The van der Waals surface area contributed by atoms with Crippen molar-refractivity contribution in [1.29, 1.82) is 0 Å². The van der Waals surface area contributed by atoms with Crippen molar-refractivity contribution in [2.45, 2.75) is 70.1 Å². The molecule has 2 N–H and O–H groups in total. The molecule has 4 rings (SSSR count). The van der Waals surface area contributed by atoms with Crippen LogP contribution in [0.3, 0.4) is 0 Å². The number of aromatic nitrogens is 1. The average molecular weight is 464 g/mol. The van der Waals surface area contributed by atoms with Crippen LogP contribution in [0.2, 0.25) is 0 Å². The minimum atomic E-state index is -3.18. The van der Waals surface area contributed by atoms with Gasteiger partial charge in [0.15, 0.2) is 5.13 Å². The predicted octanol–water partition coefficient (Wildman–Crippen LogP) is 4.61. The van der Waals surface area contributed by atoms with Crippen LogP contribution in [0.1, 0.15) is 56.4 Å². The van der Waals surface area contributed by atoms with Crippen LogP contribution >= 0.6 is 11.3 Å². The molecule has 0 bridgehead atoms. The number of thiazole rings is 1. The first-order valence-corrected chi connectivity index (χ1v) is 13.6. The molecular formula is C23H33N3O3S2. The number of aryl methyl sites for hydroxylation is 2. The first-order chi connectivity index (χ1) is 14.9. The van der Waals surface area contributed by atoms with Crippen molar-refractivity contribution in [3.8, 4) is 17.0 Å². The summed E-state index contributed by atoms with van der Waals surface area (Å²) in [4.78, 5) is 6.35. The maximum atomic E-state index is 12.0. The van der Waals surface area contributed by atoms with Crippen LogP contribution in [0, 0.1) is 5.92 Å². The van der Waals surface area contributed by atoms with Gasteiger partial charge in [-0.05, 0) is 88.5 Å². The van der Waals surface area contributed by atoms with Crippen molar-refractivity contribution in [2.75, 3.05) is 19.0 Å². The summed E-state index contributed by atoms with van der Waals surface area (Å²) in [6, 6.07) is 6.72. The van der Waals surface area contributed by atoms with Gasteiger partial charge in [0.1, 0.15) is 5.75 Å². The van der Waals surface area contributed by atoms with Gasteiger partial charge in [0.05, 0.1) is 18.1 Å². The average Bonchev–Trinajstić information content (AvgIpc) is 3.07. The molecule has 8 heteroatoms. The number of methoxy groups -OCH3 is 1.